The molecule has 0 radical (unpaired) electrons. The number of amides is 1. The molecule has 37 heteroatoms. The number of hydrogen-bond acceptors (Lipinski definition) is 25. The number of nitrogens with one attached hydrogen (secondary N) is 2. The van der Waals surface area contributed by atoms with E-state index in [1.54, 1.807) is 36.4 Å². The number of benzene rings is 4. The second kappa shape index (κ2) is 42.9. The highest BCUT2D eigenvalue weighted by Gasteiger charge is 2.30. The van der Waals surface area contributed by atoms with Crippen molar-refractivity contribution in [1.29, 1.82) is 0 Å². The lowest BCUT2D eigenvalue weighted by Gasteiger charge is -2.35. The first-order valence-corrected chi connectivity index (χ1v) is 29.9. The van der Waals surface area contributed by atoms with Gasteiger partial charge in [0.1, 0.15) is 23.6 Å². The van der Waals surface area contributed by atoms with Gasteiger partial charge >= 0.3 is 59.7 Å². The lowest BCUT2D eigenvalue weighted by molar-refractivity contribution is -0.384. The van der Waals surface area contributed by atoms with Crippen molar-refractivity contribution in [1.82, 2.24) is 40.2 Å². The molecule has 4 aromatic rings. The van der Waals surface area contributed by atoms with Gasteiger partial charge < -0.3 is 66.6 Å². The molecule has 4 rings (SSSR count). The van der Waals surface area contributed by atoms with Crippen molar-refractivity contribution in [3.63, 3.8) is 0 Å². The van der Waals surface area contributed by atoms with Crippen LogP contribution in [0.1, 0.15) is 22.3 Å². The van der Waals surface area contributed by atoms with Crippen LogP contribution in [0.5, 0.6) is 11.5 Å². The molecule has 0 aliphatic rings. The molecular weight excluding hydrogens is 1320 g/mol. The Bertz CT molecular complexity index is 3350. The molecule has 0 fully saturated rings. The number of nitro benzene ring substituents is 1. The maximum absolute atomic E-state index is 13.1. The summed E-state index contributed by atoms with van der Waals surface area (Å²) in [5.41, 5.74) is 5.07. The summed E-state index contributed by atoms with van der Waals surface area (Å²) < 4.78 is 0. The molecule has 0 bridgehead atoms. The third-order valence-corrected chi connectivity index (χ3v) is 14.3. The number of phenols is 2. The standard InChI is InChI=1S/C40H48N6O14S.C21H28N4O12/c47-31-9-3-27(4-10-31)18-33(39(56)57)42-35(49)21-45(23-37(52)53)14-13-44(22-36(50)51)20-30(17-26-1-7-29(8-2-26)41-25-61)46(24-38(54)55)15-16-60-43-34(40(58)59)19-28-5-11-32(48)12-6-28;26-17(27)9-22(5-6-23(10-18(28)29)11-19(30)31)8-16(24(12-20(32)33)13-21(34)35)7-14-1-3-15(4-2-14)25(36)37/h1-12,30,33-34,43,47-48H,13-24H2,(H,42,49)(H,50,51)(H,52,53)(H,54,55)(H,56,57)(H,58,59);1-4,16H,5-13H2,(H,26,27)(H,28,29)(H,30,31)(H,32,33)(H,34,35). The molecule has 532 valence electrons. The normalized spacial score (nSPS) is 12.4. The van der Waals surface area contributed by atoms with Gasteiger partial charge in [-0.05, 0) is 83.7 Å². The fourth-order valence-electron chi connectivity index (χ4n) is 9.80. The van der Waals surface area contributed by atoms with Gasteiger partial charge in [0.2, 0.25) is 5.91 Å². The van der Waals surface area contributed by atoms with Crippen molar-refractivity contribution < 1.29 is 124 Å². The van der Waals surface area contributed by atoms with Crippen LogP contribution < -0.4 is 10.8 Å². The molecule has 0 aliphatic carbocycles. The van der Waals surface area contributed by atoms with Crippen LogP contribution in [0.25, 0.3) is 0 Å². The van der Waals surface area contributed by atoms with Crippen molar-refractivity contribution in [3.8, 4) is 11.5 Å². The molecule has 1 amide bonds. The monoisotopic (exact) mass is 1400 g/mol. The number of isothiocyanates is 1. The first-order chi connectivity index (χ1) is 46.3. The topological polar surface area (TPSA) is 539 Å². The van der Waals surface area contributed by atoms with Crippen molar-refractivity contribution in [2.24, 2.45) is 4.99 Å². The van der Waals surface area contributed by atoms with E-state index in [-0.39, 0.29) is 95.3 Å². The number of aromatic hydroxyl groups is 2. The number of nitro groups is 1. The van der Waals surface area contributed by atoms with Crippen molar-refractivity contribution in [2.45, 2.75) is 49.9 Å². The number of phenolic OH excluding ortho intramolecular Hbond substituents is 2. The fourth-order valence-corrected chi connectivity index (χ4v) is 9.90. The lowest BCUT2D eigenvalue weighted by atomic mass is 10.0. The third kappa shape index (κ3) is 34.3. The Balaban J connectivity index is 0.000000577. The average Bonchev–Trinajstić information content (AvgIpc) is 0.965. The predicted molar refractivity (Wildman–Crippen MR) is 343 cm³/mol. The second-order valence-electron chi connectivity index (χ2n) is 22.0. The van der Waals surface area contributed by atoms with Crippen LogP contribution in [0.2, 0.25) is 0 Å². The first-order valence-electron chi connectivity index (χ1n) is 29.5. The Morgan fingerprint density at radius 1 is 0.449 bits per heavy atom. The Morgan fingerprint density at radius 3 is 1.17 bits per heavy atom. The second-order valence-corrected chi connectivity index (χ2v) is 22.2. The van der Waals surface area contributed by atoms with Crippen LogP contribution in [0.4, 0.5) is 11.4 Å². The quantitative estimate of drug-likeness (QED) is 0.00893. The Morgan fingerprint density at radius 2 is 0.786 bits per heavy atom. The molecule has 4 unspecified atom stereocenters. The predicted octanol–water partition coefficient (Wildman–Crippen LogP) is -0.233. The number of carboxylic acids is 10. The molecule has 0 saturated heterocycles. The maximum atomic E-state index is 13.1. The molecule has 0 aromatic heterocycles. The molecule has 0 saturated carbocycles. The van der Waals surface area contributed by atoms with E-state index in [0.717, 1.165) is 9.80 Å². The minimum atomic E-state index is -1.39. The molecule has 36 nitrogen and oxygen atoms in total. The molecule has 0 heterocycles. The number of thiocarbonyl (C=S) groups is 1. The van der Waals surface area contributed by atoms with Crippen LogP contribution in [0.15, 0.2) is 102 Å². The fraction of sp³-hybridized carbons (Fsp3) is 0.410. The summed E-state index contributed by atoms with van der Waals surface area (Å²) in [5, 5.41) is 130. The third-order valence-electron chi connectivity index (χ3n) is 14.2. The summed E-state index contributed by atoms with van der Waals surface area (Å²) >= 11 is 4.68. The highest BCUT2D eigenvalue weighted by molar-refractivity contribution is 7.78. The van der Waals surface area contributed by atoms with Crippen LogP contribution in [-0.4, -0.2) is 302 Å². The van der Waals surface area contributed by atoms with Crippen molar-refractivity contribution in [2.75, 3.05) is 111 Å². The van der Waals surface area contributed by atoms with E-state index in [2.05, 4.69) is 33.2 Å². The molecule has 14 N–H and O–H groups in total. The van der Waals surface area contributed by atoms with E-state index in [4.69, 9.17) is 15.1 Å². The van der Waals surface area contributed by atoms with Gasteiger partial charge in [-0.3, -0.25) is 92.3 Å². The summed E-state index contributed by atoms with van der Waals surface area (Å²) in [7, 11) is 0. The van der Waals surface area contributed by atoms with Gasteiger partial charge in [-0.2, -0.15) is 10.5 Å². The minimum Gasteiger partial charge on any atom is -0.508 e. The number of carbonyl (C=O) groups excluding carboxylic acids is 1. The summed E-state index contributed by atoms with van der Waals surface area (Å²) in [6.45, 7) is -6.73. The van der Waals surface area contributed by atoms with E-state index < -0.39 is 154 Å². The van der Waals surface area contributed by atoms with E-state index in [1.807, 2.05) is 0 Å². The largest absolute Gasteiger partial charge is 0.508 e. The number of carbonyl (C=O) groups is 11. The van der Waals surface area contributed by atoms with Crippen LogP contribution in [0, 0.1) is 10.1 Å². The molecule has 0 spiro atoms. The molecule has 4 aromatic carbocycles. The number of aliphatic imine (C=N–C) groups is 1. The Labute approximate surface area is 563 Å². The summed E-state index contributed by atoms with van der Waals surface area (Å²) in [6, 6.07) is 19.4. The summed E-state index contributed by atoms with van der Waals surface area (Å²) in [6.07, 6.45) is 0.0216. The van der Waals surface area contributed by atoms with Crippen molar-refractivity contribution in [3.05, 3.63) is 129 Å². The number of hydrogen-bond donors (Lipinski definition) is 14. The number of aliphatic carboxylic acids is 10. The molecular formula is C61H76N10O26S. The van der Waals surface area contributed by atoms with Gasteiger partial charge in [0, 0.05) is 82.9 Å². The van der Waals surface area contributed by atoms with Gasteiger partial charge in [-0.1, -0.05) is 48.5 Å². The zero-order chi connectivity index (χ0) is 73.0. The maximum Gasteiger partial charge on any atom is 0.326 e. The summed E-state index contributed by atoms with van der Waals surface area (Å²) in [4.78, 5) is 157. The van der Waals surface area contributed by atoms with Crippen LogP contribution >= 0.6 is 12.2 Å². The molecule has 98 heavy (non-hydrogen) atoms. The molecule has 4 atom stereocenters. The minimum absolute atomic E-state index is 0.00262. The highest BCUT2D eigenvalue weighted by Crippen LogP contribution is 2.20. The van der Waals surface area contributed by atoms with Crippen LogP contribution in [0.3, 0.4) is 0 Å². The lowest BCUT2D eigenvalue weighted by Crippen LogP contribution is -2.52. The smallest absolute Gasteiger partial charge is 0.326 e. The number of hydroxylamine groups is 1. The van der Waals surface area contributed by atoms with Crippen molar-refractivity contribution >= 4 is 94.4 Å². The van der Waals surface area contributed by atoms with E-state index in [1.165, 1.54) is 80.3 Å². The van der Waals surface area contributed by atoms with E-state index in [0.29, 0.717) is 27.9 Å². The number of carboxylic acid groups (broad SMARTS) is 10. The van der Waals surface area contributed by atoms with Crippen LogP contribution in [-0.2, 0) is 83.3 Å². The van der Waals surface area contributed by atoms with E-state index >= 15 is 0 Å². The van der Waals surface area contributed by atoms with E-state index in [9.17, 15) is 114 Å². The van der Waals surface area contributed by atoms with Gasteiger partial charge in [-0.15, -0.1) is 0 Å². The average molecular weight is 1400 g/mol. The van der Waals surface area contributed by atoms with Gasteiger partial charge in [0.15, 0.2) is 0 Å². The zero-order valence-electron chi connectivity index (χ0n) is 52.5. The first kappa shape index (κ1) is 81.8. The SMILES string of the molecule is O=C(O)CN(CCN(CC(=O)O)CC(Cc1ccc(N=C=S)cc1)N(CCONC(Cc1ccc(O)cc1)C(=O)O)CC(=O)O)CC(=O)NC(Cc1ccc(O)cc1)C(=O)O.O=C(O)CN(CCN(CC(=O)O)CC(Cc1ccc([N+](=O)[O-])cc1)N(CC(=O)O)CC(=O)O)CC(=O)O. The Hall–Kier alpha value is -10.5. The van der Waals surface area contributed by atoms with Gasteiger partial charge in [0.05, 0.1) is 81.3 Å². The number of nitrogens with zero attached hydrogens (tertiary/aromatic N) is 8. The molecule has 0 aliphatic heterocycles. The Kier molecular flexibility index (Phi) is 35.8. The van der Waals surface area contributed by atoms with Gasteiger partial charge in [0.25, 0.3) is 5.69 Å². The highest BCUT2D eigenvalue weighted by atomic mass is 32.1. The summed E-state index contributed by atoms with van der Waals surface area (Å²) in [5.74, 6) is -13.8. The number of non-ortho nitro benzene ring substituents is 1. The zero-order valence-corrected chi connectivity index (χ0v) is 53.3. The number of rotatable bonds is 48. The van der Waals surface area contributed by atoms with Gasteiger partial charge in [-0.25, -0.2) is 4.79 Å².